The second kappa shape index (κ2) is 6.91. The number of unbranched alkanes of at least 4 members (excludes halogenated alkanes) is 1. The van der Waals surface area contributed by atoms with E-state index in [4.69, 9.17) is 4.74 Å². The zero-order valence-corrected chi connectivity index (χ0v) is 11.6. The number of hydrogen-bond donors (Lipinski definition) is 1. The predicted molar refractivity (Wildman–Crippen MR) is 75.8 cm³/mol. The predicted octanol–water partition coefficient (Wildman–Crippen LogP) is 3.33. The van der Waals surface area contributed by atoms with E-state index in [0.717, 1.165) is 19.6 Å². The van der Waals surface area contributed by atoms with Crippen molar-refractivity contribution in [1.29, 1.82) is 0 Å². The van der Waals surface area contributed by atoms with Gasteiger partial charge >= 0.3 is 0 Å². The van der Waals surface area contributed by atoms with Crippen LogP contribution in [0.4, 0.5) is 0 Å². The molecule has 1 aromatic rings. The Balaban J connectivity index is 1.84. The molecule has 1 N–H and O–H groups in total. The molecule has 1 aliphatic rings. The van der Waals surface area contributed by atoms with Gasteiger partial charge in [-0.25, -0.2) is 0 Å². The lowest BCUT2D eigenvalue weighted by Gasteiger charge is -2.19. The second-order valence-electron chi connectivity index (χ2n) is 5.18. The smallest absolute Gasteiger partial charge is 0.0469 e. The minimum Gasteiger partial charge on any atom is -0.381 e. The first-order chi connectivity index (χ1) is 8.86. The van der Waals surface area contributed by atoms with Crippen LogP contribution in [0, 0.1) is 5.92 Å². The van der Waals surface area contributed by atoms with Crippen molar-refractivity contribution >= 4 is 0 Å². The van der Waals surface area contributed by atoms with Crippen LogP contribution in [0.25, 0.3) is 0 Å². The van der Waals surface area contributed by atoms with E-state index in [9.17, 15) is 0 Å². The number of hydrogen-bond acceptors (Lipinski definition) is 2. The summed E-state index contributed by atoms with van der Waals surface area (Å²) in [7, 11) is 2.07. The van der Waals surface area contributed by atoms with Crippen molar-refractivity contribution in [2.45, 2.75) is 38.6 Å². The van der Waals surface area contributed by atoms with Gasteiger partial charge in [-0.3, -0.25) is 0 Å². The maximum Gasteiger partial charge on any atom is 0.0469 e. The highest BCUT2D eigenvalue weighted by Gasteiger charge is 2.30. The van der Waals surface area contributed by atoms with Crippen LogP contribution in [-0.4, -0.2) is 20.3 Å². The lowest BCUT2D eigenvalue weighted by atomic mass is 9.97. The van der Waals surface area contributed by atoms with E-state index in [1.165, 1.54) is 30.4 Å². The summed E-state index contributed by atoms with van der Waals surface area (Å²) >= 11 is 0. The average Bonchev–Trinajstić information content (AvgIpc) is 2.76. The molecule has 0 amide bonds. The second-order valence-corrected chi connectivity index (χ2v) is 5.18. The molecule has 2 heteroatoms. The van der Waals surface area contributed by atoms with Gasteiger partial charge in [-0.2, -0.15) is 0 Å². The molecule has 0 fully saturated rings. The molecule has 2 unspecified atom stereocenters. The van der Waals surface area contributed by atoms with Gasteiger partial charge in [0.1, 0.15) is 0 Å². The van der Waals surface area contributed by atoms with Gasteiger partial charge in [0.05, 0.1) is 0 Å². The fourth-order valence-corrected chi connectivity index (χ4v) is 2.92. The summed E-state index contributed by atoms with van der Waals surface area (Å²) in [5.74, 6) is 0.689. The van der Waals surface area contributed by atoms with Crippen LogP contribution in [0.3, 0.4) is 0 Å². The van der Waals surface area contributed by atoms with Crippen molar-refractivity contribution in [2.24, 2.45) is 5.92 Å². The molecule has 0 bridgehead atoms. The van der Waals surface area contributed by atoms with Gasteiger partial charge in [-0.15, -0.1) is 0 Å². The number of nitrogens with one attached hydrogen (secondary N) is 1. The number of ether oxygens (including phenoxy) is 1. The first-order valence-corrected chi connectivity index (χ1v) is 7.19. The summed E-state index contributed by atoms with van der Waals surface area (Å²) in [6, 6.07) is 9.32. The molecule has 1 aromatic carbocycles. The van der Waals surface area contributed by atoms with Crippen molar-refractivity contribution in [3.05, 3.63) is 35.4 Å². The highest BCUT2D eigenvalue weighted by Crippen LogP contribution is 2.37. The van der Waals surface area contributed by atoms with E-state index in [2.05, 4.69) is 43.6 Å². The highest BCUT2D eigenvalue weighted by molar-refractivity contribution is 5.35. The molecule has 1 aliphatic carbocycles. The fourth-order valence-electron chi connectivity index (χ4n) is 2.92. The average molecular weight is 247 g/mol. The minimum absolute atomic E-state index is 0.510. The van der Waals surface area contributed by atoms with Crippen molar-refractivity contribution in [3.63, 3.8) is 0 Å². The monoisotopic (exact) mass is 247 g/mol. The van der Waals surface area contributed by atoms with Gasteiger partial charge in [-0.05, 0) is 43.4 Å². The van der Waals surface area contributed by atoms with Crippen LogP contribution < -0.4 is 5.32 Å². The van der Waals surface area contributed by atoms with Crippen molar-refractivity contribution in [2.75, 3.05) is 20.3 Å². The lowest BCUT2D eigenvalue weighted by Crippen LogP contribution is -2.22. The fraction of sp³-hybridized carbons (Fsp3) is 0.625. The molecular weight excluding hydrogens is 222 g/mol. The van der Waals surface area contributed by atoms with E-state index < -0.39 is 0 Å². The number of benzene rings is 1. The van der Waals surface area contributed by atoms with Crippen molar-refractivity contribution in [3.8, 4) is 0 Å². The Morgan fingerprint density at radius 2 is 2.11 bits per heavy atom. The normalized spacial score (nSPS) is 22.1. The summed E-state index contributed by atoms with van der Waals surface area (Å²) in [5.41, 5.74) is 2.99. The van der Waals surface area contributed by atoms with Gasteiger partial charge in [-0.1, -0.05) is 37.6 Å². The van der Waals surface area contributed by atoms with Crippen LogP contribution in [-0.2, 0) is 11.2 Å². The Labute approximate surface area is 111 Å². The van der Waals surface area contributed by atoms with Crippen LogP contribution in [0.5, 0.6) is 0 Å². The van der Waals surface area contributed by atoms with Gasteiger partial charge in [0.15, 0.2) is 0 Å². The Hall–Kier alpha value is -0.860. The van der Waals surface area contributed by atoms with Crippen LogP contribution in [0.1, 0.15) is 43.4 Å². The summed E-state index contributed by atoms with van der Waals surface area (Å²) in [6.07, 6.45) is 4.75. The van der Waals surface area contributed by atoms with Crippen LogP contribution >= 0.6 is 0 Å². The first kappa shape index (κ1) is 13.6. The molecule has 0 heterocycles. The molecule has 100 valence electrons. The molecule has 2 nitrogen and oxygen atoms in total. The third-order valence-corrected chi connectivity index (χ3v) is 3.93. The maximum atomic E-state index is 5.70. The lowest BCUT2D eigenvalue weighted by molar-refractivity contribution is 0.113. The SMILES string of the molecule is CCCCOCCC1Cc2ccccc2C1NC. The maximum absolute atomic E-state index is 5.70. The van der Waals surface area contributed by atoms with Gasteiger partial charge < -0.3 is 10.1 Å². The molecule has 0 aliphatic heterocycles. The highest BCUT2D eigenvalue weighted by atomic mass is 16.5. The molecule has 0 saturated heterocycles. The molecule has 0 spiro atoms. The molecule has 0 saturated carbocycles. The Kier molecular flexibility index (Phi) is 5.21. The largest absolute Gasteiger partial charge is 0.381 e. The van der Waals surface area contributed by atoms with E-state index in [1.807, 2.05) is 0 Å². The van der Waals surface area contributed by atoms with E-state index in [1.54, 1.807) is 0 Å². The minimum atomic E-state index is 0.510. The molecule has 0 aromatic heterocycles. The zero-order valence-electron chi connectivity index (χ0n) is 11.6. The van der Waals surface area contributed by atoms with Crippen molar-refractivity contribution < 1.29 is 4.74 Å². The van der Waals surface area contributed by atoms with E-state index in [-0.39, 0.29) is 0 Å². The van der Waals surface area contributed by atoms with E-state index >= 15 is 0 Å². The van der Waals surface area contributed by atoms with E-state index in [0.29, 0.717) is 12.0 Å². The Morgan fingerprint density at radius 3 is 2.89 bits per heavy atom. The molecule has 0 radical (unpaired) electrons. The zero-order chi connectivity index (χ0) is 12.8. The van der Waals surface area contributed by atoms with Gasteiger partial charge in [0.25, 0.3) is 0 Å². The summed E-state index contributed by atoms with van der Waals surface area (Å²) in [6.45, 7) is 4.02. The number of rotatable bonds is 7. The molecule has 2 rings (SSSR count). The summed E-state index contributed by atoms with van der Waals surface area (Å²) < 4.78 is 5.70. The van der Waals surface area contributed by atoms with Crippen molar-refractivity contribution in [1.82, 2.24) is 5.32 Å². The Bertz CT molecular complexity index is 364. The standard InChI is InChI=1S/C16H25NO/c1-3-4-10-18-11-9-14-12-13-7-5-6-8-15(13)16(14)17-2/h5-8,14,16-17H,3-4,9-12H2,1-2H3. The van der Waals surface area contributed by atoms with Crippen LogP contribution in [0.15, 0.2) is 24.3 Å². The summed E-state index contributed by atoms with van der Waals surface area (Å²) in [5, 5.41) is 3.47. The molecule has 2 atom stereocenters. The summed E-state index contributed by atoms with van der Waals surface area (Å²) in [4.78, 5) is 0. The van der Waals surface area contributed by atoms with Crippen LogP contribution in [0.2, 0.25) is 0 Å². The molecule has 18 heavy (non-hydrogen) atoms. The third kappa shape index (κ3) is 3.12. The first-order valence-electron chi connectivity index (χ1n) is 7.19. The van der Waals surface area contributed by atoms with Gasteiger partial charge in [0, 0.05) is 19.3 Å². The molecular formula is C16H25NO. The number of fused-ring (bicyclic) bond motifs is 1. The van der Waals surface area contributed by atoms with Gasteiger partial charge in [0.2, 0.25) is 0 Å². The third-order valence-electron chi connectivity index (χ3n) is 3.93. The topological polar surface area (TPSA) is 21.3 Å². The Morgan fingerprint density at radius 1 is 1.28 bits per heavy atom. The quantitative estimate of drug-likeness (QED) is 0.746.